The first kappa shape index (κ1) is 34.5. The van der Waals surface area contributed by atoms with Crippen molar-refractivity contribution in [3.05, 3.63) is 59.7 Å². The summed E-state index contributed by atoms with van der Waals surface area (Å²) >= 11 is 0. The summed E-state index contributed by atoms with van der Waals surface area (Å²) in [6, 6.07) is 16.2. The Labute approximate surface area is 250 Å². The molecule has 0 radical (unpaired) electrons. The number of nitrogens with one attached hydrogen (secondary N) is 2. The highest BCUT2D eigenvalue weighted by Crippen LogP contribution is 2.17. The van der Waals surface area contributed by atoms with E-state index in [-0.39, 0.29) is 11.8 Å². The molecular weight excluding hydrogens is 508 g/mol. The quantitative estimate of drug-likeness (QED) is 0.154. The fourth-order valence-electron chi connectivity index (χ4n) is 4.81. The molecule has 2 amide bonds. The van der Waals surface area contributed by atoms with Crippen molar-refractivity contribution < 1.29 is 9.59 Å². The van der Waals surface area contributed by atoms with Crippen molar-refractivity contribution in [3.63, 3.8) is 0 Å². The molecule has 2 aromatic carbocycles. The smallest absolute Gasteiger partial charge is 0.225 e. The van der Waals surface area contributed by atoms with Gasteiger partial charge >= 0.3 is 0 Å². The first-order valence-electron chi connectivity index (χ1n) is 16.2. The van der Waals surface area contributed by atoms with Gasteiger partial charge in [-0.2, -0.15) is 0 Å². The number of carbonyl (C=O) groups is 2. The molecule has 6 nitrogen and oxygen atoms in total. The molecule has 0 saturated carbocycles. The molecule has 0 fully saturated rings. The van der Waals surface area contributed by atoms with E-state index in [0.29, 0.717) is 12.8 Å². The predicted octanol–water partition coefficient (Wildman–Crippen LogP) is 7.74. The Balaban J connectivity index is 1.77. The van der Waals surface area contributed by atoms with E-state index in [0.717, 1.165) is 57.1 Å². The van der Waals surface area contributed by atoms with Gasteiger partial charge in [-0.05, 0) is 93.7 Å². The molecule has 0 aromatic heterocycles. The number of hydrogen-bond acceptors (Lipinski definition) is 4. The molecule has 0 unspecified atom stereocenters. The van der Waals surface area contributed by atoms with Gasteiger partial charge in [-0.3, -0.25) is 9.59 Å². The molecule has 2 N–H and O–H groups in total. The molecular formula is C35H56N4O2. The van der Waals surface area contributed by atoms with Crippen LogP contribution in [-0.2, 0) is 16.0 Å². The van der Waals surface area contributed by atoms with Crippen LogP contribution in [0, 0.1) is 0 Å². The number of hydrogen-bond donors (Lipinski definition) is 2. The van der Waals surface area contributed by atoms with Crippen molar-refractivity contribution in [1.29, 1.82) is 0 Å². The summed E-state index contributed by atoms with van der Waals surface area (Å²) in [6.07, 6.45) is 11.3. The van der Waals surface area contributed by atoms with Crippen LogP contribution in [0.25, 0.3) is 0 Å². The van der Waals surface area contributed by atoms with Crippen molar-refractivity contribution in [2.75, 3.05) is 49.9 Å². The second kappa shape index (κ2) is 21.1. The average Bonchev–Trinajstić information content (AvgIpc) is 2.98. The highest BCUT2D eigenvalue weighted by Gasteiger charge is 2.10. The van der Waals surface area contributed by atoms with Gasteiger partial charge in [-0.25, -0.2) is 0 Å². The van der Waals surface area contributed by atoms with Crippen molar-refractivity contribution in [2.45, 2.75) is 98.3 Å². The van der Waals surface area contributed by atoms with E-state index in [2.05, 4.69) is 72.4 Å². The molecule has 2 rings (SSSR count). The van der Waals surface area contributed by atoms with Crippen LogP contribution in [0.3, 0.4) is 0 Å². The van der Waals surface area contributed by atoms with Crippen LogP contribution < -0.4 is 10.6 Å². The zero-order valence-electron chi connectivity index (χ0n) is 26.4. The molecule has 0 heterocycles. The zero-order valence-corrected chi connectivity index (χ0v) is 26.4. The lowest BCUT2D eigenvalue weighted by Gasteiger charge is -2.21. The second-order valence-electron chi connectivity index (χ2n) is 11.3. The highest BCUT2D eigenvalue weighted by atomic mass is 16.2. The van der Waals surface area contributed by atoms with E-state index in [1.807, 2.05) is 24.3 Å². The maximum Gasteiger partial charge on any atom is 0.225 e. The van der Waals surface area contributed by atoms with Gasteiger partial charge in [0.05, 0.1) is 0 Å². The van der Waals surface area contributed by atoms with Gasteiger partial charge < -0.3 is 20.4 Å². The van der Waals surface area contributed by atoms with E-state index < -0.39 is 0 Å². The molecule has 0 atom stereocenters. The van der Waals surface area contributed by atoms with Gasteiger partial charge in [0, 0.05) is 37.3 Å². The summed E-state index contributed by atoms with van der Waals surface area (Å²) in [5.74, 6) is 0.144. The molecule has 0 aliphatic rings. The lowest BCUT2D eigenvalue weighted by Crippen LogP contribution is -2.30. The van der Waals surface area contributed by atoms with Crippen molar-refractivity contribution in [2.24, 2.45) is 0 Å². The zero-order chi connectivity index (χ0) is 29.7. The molecule has 6 heteroatoms. The van der Waals surface area contributed by atoms with Gasteiger partial charge in [0.25, 0.3) is 0 Å². The largest absolute Gasteiger partial charge is 0.326 e. The number of nitrogens with zero attached hydrogens (tertiary/aromatic N) is 2. The Kier molecular flexibility index (Phi) is 17.7. The summed E-state index contributed by atoms with van der Waals surface area (Å²) < 4.78 is 0. The SMILES string of the molecule is CCCCN(CCCC)CCC(=O)Nc1ccc(Cc2ccc(NC(=O)CCN(CCCC)CCCC)cc2)cc1. The minimum Gasteiger partial charge on any atom is -0.326 e. The summed E-state index contributed by atoms with van der Waals surface area (Å²) in [4.78, 5) is 29.9. The Bertz CT molecular complexity index is 879. The fourth-order valence-corrected chi connectivity index (χ4v) is 4.81. The number of rotatable bonds is 22. The summed E-state index contributed by atoms with van der Waals surface area (Å²) in [5.41, 5.74) is 4.05. The second-order valence-corrected chi connectivity index (χ2v) is 11.3. The number of carbonyl (C=O) groups excluding carboxylic acids is 2. The van der Waals surface area contributed by atoms with Crippen LogP contribution in [0.4, 0.5) is 11.4 Å². The number of unbranched alkanes of at least 4 members (excludes halogenated alkanes) is 4. The fraction of sp³-hybridized carbons (Fsp3) is 0.600. The molecule has 228 valence electrons. The third-order valence-electron chi connectivity index (χ3n) is 7.51. The number of anilines is 2. The maximum absolute atomic E-state index is 12.5. The Hall–Kier alpha value is -2.70. The van der Waals surface area contributed by atoms with Crippen LogP contribution in [0.5, 0.6) is 0 Å². The molecule has 0 spiro atoms. The maximum atomic E-state index is 12.5. The molecule has 0 aliphatic heterocycles. The van der Waals surface area contributed by atoms with E-state index in [1.165, 1.54) is 62.5 Å². The van der Waals surface area contributed by atoms with E-state index in [9.17, 15) is 9.59 Å². The molecule has 2 aromatic rings. The van der Waals surface area contributed by atoms with Gasteiger partial charge in [0.2, 0.25) is 11.8 Å². The summed E-state index contributed by atoms with van der Waals surface area (Å²) in [7, 11) is 0. The van der Waals surface area contributed by atoms with Crippen LogP contribution in [-0.4, -0.2) is 60.9 Å². The Morgan fingerprint density at radius 1 is 0.512 bits per heavy atom. The minimum atomic E-state index is 0.0722. The van der Waals surface area contributed by atoms with Crippen molar-refractivity contribution in [1.82, 2.24) is 9.80 Å². The number of benzene rings is 2. The van der Waals surface area contributed by atoms with Crippen LogP contribution >= 0.6 is 0 Å². The van der Waals surface area contributed by atoms with E-state index >= 15 is 0 Å². The highest BCUT2D eigenvalue weighted by molar-refractivity contribution is 5.91. The normalized spacial score (nSPS) is 11.3. The summed E-state index contributed by atoms with van der Waals surface area (Å²) in [5, 5.41) is 6.11. The van der Waals surface area contributed by atoms with Crippen LogP contribution in [0.1, 0.15) is 103 Å². The van der Waals surface area contributed by atoms with Crippen LogP contribution in [0.15, 0.2) is 48.5 Å². The first-order valence-corrected chi connectivity index (χ1v) is 16.2. The lowest BCUT2D eigenvalue weighted by atomic mass is 10.0. The molecule has 0 bridgehead atoms. The predicted molar refractivity (Wildman–Crippen MR) is 175 cm³/mol. The average molecular weight is 565 g/mol. The molecule has 41 heavy (non-hydrogen) atoms. The Morgan fingerprint density at radius 2 is 0.829 bits per heavy atom. The van der Waals surface area contributed by atoms with Gasteiger partial charge in [-0.1, -0.05) is 77.6 Å². The van der Waals surface area contributed by atoms with Crippen LogP contribution in [0.2, 0.25) is 0 Å². The third kappa shape index (κ3) is 15.2. The topological polar surface area (TPSA) is 64.7 Å². The first-order chi connectivity index (χ1) is 20.0. The van der Waals surface area contributed by atoms with E-state index in [4.69, 9.17) is 0 Å². The van der Waals surface area contributed by atoms with Gasteiger partial charge in [0.1, 0.15) is 0 Å². The summed E-state index contributed by atoms with van der Waals surface area (Å²) in [6.45, 7) is 14.8. The van der Waals surface area contributed by atoms with Gasteiger partial charge in [0.15, 0.2) is 0 Å². The molecule has 0 aliphatic carbocycles. The van der Waals surface area contributed by atoms with Crippen molar-refractivity contribution in [3.8, 4) is 0 Å². The Morgan fingerprint density at radius 3 is 1.12 bits per heavy atom. The standard InChI is InChI=1S/C35H56N4O2/c1-5-9-23-38(24-10-6-2)27-21-34(40)36-32-17-13-30(14-18-32)29-31-15-19-33(20-16-31)37-35(41)22-28-39(25-11-7-3)26-12-8-4/h13-20H,5-12,21-29H2,1-4H3,(H,36,40)(H,37,41). The third-order valence-corrected chi connectivity index (χ3v) is 7.51. The minimum absolute atomic E-state index is 0.0722. The van der Waals surface area contributed by atoms with Gasteiger partial charge in [-0.15, -0.1) is 0 Å². The monoisotopic (exact) mass is 564 g/mol. The number of amides is 2. The lowest BCUT2D eigenvalue weighted by molar-refractivity contribution is -0.117. The van der Waals surface area contributed by atoms with E-state index in [1.54, 1.807) is 0 Å². The molecule has 0 saturated heterocycles. The van der Waals surface area contributed by atoms with Crippen molar-refractivity contribution >= 4 is 23.2 Å².